The van der Waals surface area contributed by atoms with Gasteiger partial charge in [-0.15, -0.1) is 0 Å². The first kappa shape index (κ1) is 20.1. The molecule has 0 aliphatic carbocycles. The Kier molecular flexibility index (Phi) is 5.83. The molecule has 30 heavy (non-hydrogen) atoms. The van der Waals surface area contributed by atoms with Gasteiger partial charge >= 0.3 is 0 Å². The summed E-state index contributed by atoms with van der Waals surface area (Å²) in [6.07, 6.45) is 4.20. The van der Waals surface area contributed by atoms with Crippen LogP contribution in [0, 0.1) is 12.8 Å². The molecule has 2 aromatic heterocycles. The molecule has 0 saturated carbocycles. The Morgan fingerprint density at radius 2 is 2.07 bits per heavy atom. The lowest BCUT2D eigenvalue weighted by atomic mass is 9.96. The van der Waals surface area contributed by atoms with Crippen LogP contribution in [0.3, 0.4) is 0 Å². The summed E-state index contributed by atoms with van der Waals surface area (Å²) in [5.41, 5.74) is 2.91. The van der Waals surface area contributed by atoms with E-state index in [-0.39, 0.29) is 11.8 Å². The SMILES string of the molecule is CCOc1ccc(NC(=O)[C@H]2CCCN(c3c(CC)c(C)nc4ncnn34)C2)cc1. The van der Waals surface area contributed by atoms with Crippen molar-refractivity contribution in [2.24, 2.45) is 5.92 Å². The highest BCUT2D eigenvalue weighted by molar-refractivity contribution is 5.93. The van der Waals surface area contributed by atoms with Crippen molar-refractivity contribution < 1.29 is 9.53 Å². The fraction of sp³-hybridized carbons (Fsp3) is 0.455. The van der Waals surface area contributed by atoms with Crippen molar-refractivity contribution >= 4 is 23.2 Å². The number of nitrogens with one attached hydrogen (secondary N) is 1. The Bertz CT molecular complexity index is 1030. The number of fused-ring (bicyclic) bond motifs is 1. The zero-order valence-electron chi connectivity index (χ0n) is 17.8. The lowest BCUT2D eigenvalue weighted by Gasteiger charge is -2.35. The smallest absolute Gasteiger partial charge is 0.254 e. The van der Waals surface area contributed by atoms with Crippen LogP contribution in [0.4, 0.5) is 11.5 Å². The van der Waals surface area contributed by atoms with Gasteiger partial charge in [0.15, 0.2) is 0 Å². The van der Waals surface area contributed by atoms with E-state index < -0.39 is 0 Å². The molecule has 1 aromatic carbocycles. The summed E-state index contributed by atoms with van der Waals surface area (Å²) in [4.78, 5) is 24.1. The first-order valence-electron chi connectivity index (χ1n) is 10.6. The summed E-state index contributed by atoms with van der Waals surface area (Å²) >= 11 is 0. The number of hydrogen-bond acceptors (Lipinski definition) is 6. The highest BCUT2D eigenvalue weighted by atomic mass is 16.5. The maximum atomic E-state index is 13.0. The highest BCUT2D eigenvalue weighted by Crippen LogP contribution is 2.29. The van der Waals surface area contributed by atoms with E-state index in [2.05, 4.69) is 32.2 Å². The third-order valence-corrected chi connectivity index (χ3v) is 5.58. The minimum absolute atomic E-state index is 0.0440. The lowest BCUT2D eigenvalue weighted by molar-refractivity contribution is -0.120. The Labute approximate surface area is 176 Å². The zero-order chi connectivity index (χ0) is 21.1. The predicted octanol–water partition coefficient (Wildman–Crippen LogP) is 3.25. The minimum Gasteiger partial charge on any atom is -0.494 e. The first-order valence-corrected chi connectivity index (χ1v) is 10.6. The number of nitrogens with zero attached hydrogens (tertiary/aromatic N) is 5. The summed E-state index contributed by atoms with van der Waals surface area (Å²) < 4.78 is 7.27. The van der Waals surface area contributed by atoms with Gasteiger partial charge in [0.25, 0.3) is 5.78 Å². The molecule has 1 aliphatic heterocycles. The molecule has 0 radical (unpaired) electrons. The zero-order valence-corrected chi connectivity index (χ0v) is 17.8. The number of piperidine rings is 1. The number of rotatable bonds is 6. The summed E-state index contributed by atoms with van der Waals surface area (Å²) in [7, 11) is 0. The van der Waals surface area contributed by atoms with Gasteiger partial charge in [-0.3, -0.25) is 4.79 Å². The van der Waals surface area contributed by atoms with Crippen molar-refractivity contribution in [3.05, 3.63) is 41.9 Å². The third-order valence-electron chi connectivity index (χ3n) is 5.58. The van der Waals surface area contributed by atoms with E-state index in [1.165, 1.54) is 6.33 Å². The molecular formula is C22H28N6O2. The van der Waals surface area contributed by atoms with Crippen LogP contribution >= 0.6 is 0 Å². The molecule has 4 rings (SSSR count). The number of aryl methyl sites for hydroxylation is 1. The second kappa shape index (κ2) is 8.69. The van der Waals surface area contributed by atoms with Gasteiger partial charge in [0.1, 0.15) is 17.9 Å². The van der Waals surface area contributed by atoms with Crippen molar-refractivity contribution in [3.8, 4) is 5.75 Å². The molecule has 3 aromatic rings. The van der Waals surface area contributed by atoms with E-state index in [0.717, 1.165) is 54.3 Å². The predicted molar refractivity (Wildman–Crippen MR) is 116 cm³/mol. The Hall–Kier alpha value is -3.16. The summed E-state index contributed by atoms with van der Waals surface area (Å²) in [6.45, 7) is 8.24. The van der Waals surface area contributed by atoms with Crippen LogP contribution in [0.5, 0.6) is 5.75 Å². The molecule has 1 amide bonds. The molecule has 1 atom stereocenters. The molecule has 1 aliphatic rings. The van der Waals surface area contributed by atoms with Crippen LogP contribution in [0.15, 0.2) is 30.6 Å². The van der Waals surface area contributed by atoms with Crippen LogP contribution < -0.4 is 15.0 Å². The van der Waals surface area contributed by atoms with E-state index in [4.69, 9.17) is 4.74 Å². The molecule has 3 heterocycles. The van der Waals surface area contributed by atoms with Crippen LogP contribution in [-0.4, -0.2) is 45.2 Å². The highest BCUT2D eigenvalue weighted by Gasteiger charge is 2.29. The maximum Gasteiger partial charge on any atom is 0.254 e. The van der Waals surface area contributed by atoms with Gasteiger partial charge in [-0.05, 0) is 57.4 Å². The molecule has 0 bridgehead atoms. The molecule has 158 valence electrons. The molecule has 8 nitrogen and oxygen atoms in total. The number of carbonyl (C=O) groups is 1. The second-order valence-electron chi connectivity index (χ2n) is 7.56. The molecule has 1 fully saturated rings. The molecular weight excluding hydrogens is 380 g/mol. The molecule has 0 spiro atoms. The summed E-state index contributed by atoms with van der Waals surface area (Å²) in [5.74, 6) is 2.36. The molecule has 1 N–H and O–H groups in total. The number of aromatic nitrogens is 4. The van der Waals surface area contributed by atoms with Gasteiger partial charge in [0.2, 0.25) is 5.91 Å². The van der Waals surface area contributed by atoms with Crippen molar-refractivity contribution in [2.75, 3.05) is 29.9 Å². The van der Waals surface area contributed by atoms with E-state index in [1.54, 1.807) is 4.52 Å². The van der Waals surface area contributed by atoms with Gasteiger partial charge in [-0.1, -0.05) is 6.92 Å². The maximum absolute atomic E-state index is 13.0. The normalized spacial score (nSPS) is 16.6. The number of hydrogen-bond donors (Lipinski definition) is 1. The number of benzene rings is 1. The lowest BCUT2D eigenvalue weighted by Crippen LogP contribution is -2.42. The van der Waals surface area contributed by atoms with E-state index in [1.807, 2.05) is 38.1 Å². The van der Waals surface area contributed by atoms with Crippen molar-refractivity contribution in [2.45, 2.75) is 40.0 Å². The number of amides is 1. The Morgan fingerprint density at radius 1 is 1.27 bits per heavy atom. The van der Waals surface area contributed by atoms with Crippen LogP contribution in [0.1, 0.15) is 37.9 Å². The van der Waals surface area contributed by atoms with Gasteiger partial charge in [0.05, 0.1) is 12.5 Å². The van der Waals surface area contributed by atoms with Crippen molar-refractivity contribution in [3.63, 3.8) is 0 Å². The standard InChI is InChI=1S/C22H28N6O2/c1-4-19-15(3)25-22-23-14-24-28(22)21(19)27-12-6-7-16(13-27)20(29)26-17-8-10-18(11-9-17)30-5-2/h8-11,14,16H,4-7,12-13H2,1-3H3,(H,26,29)/t16-/m0/s1. The number of anilines is 2. The van der Waals surface area contributed by atoms with Gasteiger partial charge in [0, 0.05) is 30.0 Å². The van der Waals surface area contributed by atoms with Crippen molar-refractivity contribution in [1.29, 1.82) is 0 Å². The third kappa shape index (κ3) is 3.94. The topological polar surface area (TPSA) is 84.6 Å². The molecule has 1 saturated heterocycles. The van der Waals surface area contributed by atoms with Crippen molar-refractivity contribution in [1.82, 2.24) is 19.6 Å². The van der Waals surface area contributed by atoms with Gasteiger partial charge < -0.3 is 15.0 Å². The summed E-state index contributed by atoms with van der Waals surface area (Å²) in [6, 6.07) is 7.51. The van der Waals surface area contributed by atoms with Gasteiger partial charge in [-0.25, -0.2) is 4.98 Å². The quantitative estimate of drug-likeness (QED) is 0.674. The second-order valence-corrected chi connectivity index (χ2v) is 7.56. The van der Waals surface area contributed by atoms with Crippen LogP contribution in [-0.2, 0) is 11.2 Å². The van der Waals surface area contributed by atoms with E-state index in [9.17, 15) is 4.79 Å². The average molecular weight is 409 g/mol. The fourth-order valence-corrected chi connectivity index (χ4v) is 4.14. The van der Waals surface area contributed by atoms with E-state index in [0.29, 0.717) is 18.9 Å². The molecule has 8 heteroatoms. The summed E-state index contributed by atoms with van der Waals surface area (Å²) in [5, 5.41) is 7.45. The van der Waals surface area contributed by atoms with Crippen LogP contribution in [0.2, 0.25) is 0 Å². The Morgan fingerprint density at radius 3 is 2.80 bits per heavy atom. The number of ether oxygens (including phenoxy) is 1. The monoisotopic (exact) mass is 408 g/mol. The minimum atomic E-state index is -0.0953. The van der Waals surface area contributed by atoms with E-state index >= 15 is 0 Å². The largest absolute Gasteiger partial charge is 0.494 e. The van der Waals surface area contributed by atoms with Gasteiger partial charge in [-0.2, -0.15) is 14.6 Å². The van der Waals surface area contributed by atoms with Crippen LogP contribution in [0.25, 0.3) is 5.78 Å². The fourth-order valence-electron chi connectivity index (χ4n) is 4.14. The Balaban J connectivity index is 1.53. The number of carbonyl (C=O) groups excluding carboxylic acids is 1. The molecule has 0 unspecified atom stereocenters. The average Bonchev–Trinajstić information content (AvgIpc) is 3.22. The first-order chi connectivity index (χ1) is 14.6.